The van der Waals surface area contributed by atoms with Crippen LogP contribution in [0.4, 0.5) is 17.1 Å². The van der Waals surface area contributed by atoms with E-state index in [4.69, 9.17) is 5.73 Å². The summed E-state index contributed by atoms with van der Waals surface area (Å²) in [5, 5.41) is 4.35. The lowest BCUT2D eigenvalue weighted by atomic mass is 10.1. The molecule has 1 aromatic heterocycles. The van der Waals surface area contributed by atoms with Gasteiger partial charge in [-0.15, -0.1) is 0 Å². The molecule has 0 saturated carbocycles. The number of rotatable bonds is 3. The summed E-state index contributed by atoms with van der Waals surface area (Å²) in [5.74, 6) is -0.0456. The predicted molar refractivity (Wildman–Crippen MR) is 85.9 cm³/mol. The Morgan fingerprint density at radius 3 is 2.81 bits per heavy atom. The molecule has 3 rings (SSSR count). The third-order valence-electron chi connectivity index (χ3n) is 3.36. The molecule has 3 aromatic rings. The average molecular weight is 277 g/mol. The van der Waals surface area contributed by atoms with Crippen molar-refractivity contribution in [1.82, 2.24) is 4.98 Å². The number of carbonyl (C=O) groups is 1. The van der Waals surface area contributed by atoms with E-state index in [1.807, 2.05) is 36.4 Å². The molecular weight excluding hydrogens is 262 g/mol. The van der Waals surface area contributed by atoms with Gasteiger partial charge in [-0.3, -0.25) is 9.78 Å². The van der Waals surface area contributed by atoms with E-state index >= 15 is 0 Å². The summed E-state index contributed by atoms with van der Waals surface area (Å²) in [7, 11) is 0. The van der Waals surface area contributed by atoms with E-state index in [-0.39, 0.29) is 5.78 Å². The fraction of sp³-hybridized carbons (Fsp3) is 0.0588. The van der Waals surface area contributed by atoms with Crippen molar-refractivity contribution < 1.29 is 4.79 Å². The highest BCUT2D eigenvalue weighted by atomic mass is 16.1. The molecule has 0 aliphatic rings. The molecule has 2 aromatic carbocycles. The Kier molecular flexibility index (Phi) is 3.28. The predicted octanol–water partition coefficient (Wildman–Crippen LogP) is 3.76. The Labute approximate surface area is 122 Å². The van der Waals surface area contributed by atoms with E-state index in [0.717, 1.165) is 22.3 Å². The minimum Gasteiger partial charge on any atom is -0.398 e. The summed E-state index contributed by atoms with van der Waals surface area (Å²) in [6, 6.07) is 15.2. The van der Waals surface area contributed by atoms with Gasteiger partial charge in [0.2, 0.25) is 0 Å². The average Bonchev–Trinajstić information content (AvgIpc) is 2.49. The van der Waals surface area contributed by atoms with Gasteiger partial charge in [0.15, 0.2) is 5.78 Å². The van der Waals surface area contributed by atoms with Crippen molar-refractivity contribution in [2.24, 2.45) is 0 Å². The number of nitrogens with one attached hydrogen (secondary N) is 1. The normalized spacial score (nSPS) is 10.5. The van der Waals surface area contributed by atoms with Crippen molar-refractivity contribution in [1.29, 1.82) is 0 Å². The Hall–Kier alpha value is -2.88. The number of Topliss-reactive ketones (excluding diaryl/α,β-unsaturated/α-hetero) is 1. The quantitative estimate of drug-likeness (QED) is 0.565. The molecule has 0 bridgehead atoms. The summed E-state index contributed by atoms with van der Waals surface area (Å²) in [6.07, 6.45) is 1.77. The van der Waals surface area contributed by atoms with Crippen LogP contribution in [0, 0.1) is 0 Å². The number of hydrogen-bond donors (Lipinski definition) is 2. The first-order valence-electron chi connectivity index (χ1n) is 6.66. The topological polar surface area (TPSA) is 68.0 Å². The van der Waals surface area contributed by atoms with Crippen LogP contribution in [0.5, 0.6) is 0 Å². The summed E-state index contributed by atoms with van der Waals surface area (Å²) in [5.41, 5.74) is 9.53. The zero-order chi connectivity index (χ0) is 14.8. The van der Waals surface area contributed by atoms with Crippen molar-refractivity contribution in [3.8, 4) is 0 Å². The minimum atomic E-state index is -0.0456. The number of pyridine rings is 1. The summed E-state index contributed by atoms with van der Waals surface area (Å²) in [4.78, 5) is 15.9. The lowest BCUT2D eigenvalue weighted by molar-refractivity contribution is 0.101. The molecule has 0 amide bonds. The first-order valence-corrected chi connectivity index (χ1v) is 6.66. The van der Waals surface area contributed by atoms with Gasteiger partial charge in [0.1, 0.15) is 0 Å². The molecule has 3 N–H and O–H groups in total. The van der Waals surface area contributed by atoms with Crippen molar-refractivity contribution >= 4 is 33.7 Å². The summed E-state index contributed by atoms with van der Waals surface area (Å²) < 4.78 is 0. The number of nitrogen functional groups attached to an aromatic ring is 1. The number of hydrogen-bond acceptors (Lipinski definition) is 4. The Bertz CT molecular complexity index is 822. The van der Waals surface area contributed by atoms with E-state index < -0.39 is 0 Å². The molecule has 4 nitrogen and oxygen atoms in total. The van der Waals surface area contributed by atoms with Crippen LogP contribution in [-0.2, 0) is 0 Å². The van der Waals surface area contributed by atoms with Crippen LogP contribution in [0.15, 0.2) is 54.7 Å². The molecule has 0 saturated heterocycles. The largest absolute Gasteiger partial charge is 0.398 e. The van der Waals surface area contributed by atoms with Crippen LogP contribution in [0.1, 0.15) is 17.3 Å². The zero-order valence-corrected chi connectivity index (χ0v) is 11.6. The monoisotopic (exact) mass is 277 g/mol. The fourth-order valence-electron chi connectivity index (χ4n) is 2.31. The van der Waals surface area contributed by atoms with Crippen LogP contribution in [0.25, 0.3) is 10.9 Å². The van der Waals surface area contributed by atoms with Crippen LogP contribution in [0.2, 0.25) is 0 Å². The molecule has 0 unspecified atom stereocenters. The summed E-state index contributed by atoms with van der Waals surface area (Å²) in [6.45, 7) is 1.51. The van der Waals surface area contributed by atoms with Crippen LogP contribution in [0.3, 0.4) is 0 Å². The van der Waals surface area contributed by atoms with Crippen molar-refractivity contribution in [2.45, 2.75) is 6.92 Å². The first kappa shape index (κ1) is 13.1. The molecule has 0 fully saturated rings. The zero-order valence-electron chi connectivity index (χ0n) is 11.6. The molecule has 0 radical (unpaired) electrons. The van der Waals surface area contributed by atoms with E-state index in [9.17, 15) is 4.79 Å². The number of nitrogens with two attached hydrogens (primary N) is 1. The number of carbonyl (C=O) groups excluding carboxylic acids is 1. The highest BCUT2D eigenvalue weighted by Gasteiger charge is 2.07. The third kappa shape index (κ3) is 2.56. The van der Waals surface area contributed by atoms with Gasteiger partial charge in [-0.05, 0) is 49.4 Å². The first-order chi connectivity index (χ1) is 10.1. The van der Waals surface area contributed by atoms with Crippen LogP contribution < -0.4 is 11.1 Å². The lowest BCUT2D eigenvalue weighted by Gasteiger charge is -2.11. The molecule has 104 valence electrons. The summed E-state index contributed by atoms with van der Waals surface area (Å²) >= 11 is 0. The Morgan fingerprint density at radius 1 is 1.14 bits per heavy atom. The number of benzene rings is 2. The standard InChI is InChI=1S/C17H15N3O/c1-11(21)14-10-12(7-8-15(14)18)20-17-6-2-5-16-13(17)4-3-9-19-16/h2-10,20H,18H2,1H3. The second kappa shape index (κ2) is 5.25. The van der Waals surface area contributed by atoms with Gasteiger partial charge in [0, 0.05) is 34.2 Å². The van der Waals surface area contributed by atoms with Crippen molar-refractivity contribution in [3.05, 3.63) is 60.3 Å². The van der Waals surface area contributed by atoms with Gasteiger partial charge in [0.05, 0.1) is 5.52 Å². The molecule has 0 atom stereocenters. The van der Waals surface area contributed by atoms with Crippen molar-refractivity contribution in [2.75, 3.05) is 11.1 Å². The second-order valence-corrected chi connectivity index (χ2v) is 4.86. The number of fused-ring (bicyclic) bond motifs is 1. The van der Waals surface area contributed by atoms with Gasteiger partial charge in [-0.1, -0.05) is 6.07 Å². The molecular formula is C17H15N3O. The number of anilines is 3. The Morgan fingerprint density at radius 2 is 2.00 bits per heavy atom. The molecule has 21 heavy (non-hydrogen) atoms. The van der Waals surface area contributed by atoms with Gasteiger partial charge in [0.25, 0.3) is 0 Å². The maximum absolute atomic E-state index is 11.6. The van der Waals surface area contributed by atoms with Crippen molar-refractivity contribution in [3.63, 3.8) is 0 Å². The second-order valence-electron chi connectivity index (χ2n) is 4.86. The van der Waals surface area contributed by atoms with Gasteiger partial charge < -0.3 is 11.1 Å². The Balaban J connectivity index is 2.03. The maximum Gasteiger partial charge on any atom is 0.161 e. The van der Waals surface area contributed by atoms with E-state index in [2.05, 4.69) is 10.3 Å². The van der Waals surface area contributed by atoms with E-state index in [1.54, 1.807) is 18.3 Å². The molecule has 4 heteroatoms. The minimum absolute atomic E-state index is 0.0456. The lowest BCUT2D eigenvalue weighted by Crippen LogP contribution is -2.01. The SMILES string of the molecule is CC(=O)c1cc(Nc2cccc3ncccc23)ccc1N. The van der Waals surface area contributed by atoms with Crippen LogP contribution in [-0.4, -0.2) is 10.8 Å². The molecule has 0 aliphatic carbocycles. The number of nitrogens with zero attached hydrogens (tertiary/aromatic N) is 1. The van der Waals surface area contributed by atoms with Gasteiger partial charge >= 0.3 is 0 Å². The number of aromatic nitrogens is 1. The number of ketones is 1. The third-order valence-corrected chi connectivity index (χ3v) is 3.36. The molecule has 1 heterocycles. The molecule has 0 aliphatic heterocycles. The smallest absolute Gasteiger partial charge is 0.161 e. The fourth-order valence-corrected chi connectivity index (χ4v) is 2.31. The molecule has 0 spiro atoms. The highest BCUT2D eigenvalue weighted by molar-refractivity contribution is 6.00. The highest BCUT2D eigenvalue weighted by Crippen LogP contribution is 2.27. The van der Waals surface area contributed by atoms with E-state index in [0.29, 0.717) is 11.3 Å². The van der Waals surface area contributed by atoms with E-state index in [1.165, 1.54) is 6.92 Å². The van der Waals surface area contributed by atoms with Crippen LogP contribution >= 0.6 is 0 Å². The van der Waals surface area contributed by atoms with Gasteiger partial charge in [-0.2, -0.15) is 0 Å². The van der Waals surface area contributed by atoms with Gasteiger partial charge in [-0.25, -0.2) is 0 Å². The maximum atomic E-state index is 11.6.